The number of nitrogens with zero attached hydrogens (tertiary/aromatic N) is 2. The maximum Gasteiger partial charge on any atom is 0.325 e. The summed E-state index contributed by atoms with van der Waals surface area (Å²) in [6.45, 7) is 8.11. The summed E-state index contributed by atoms with van der Waals surface area (Å²) < 4.78 is 10.5. The fourth-order valence-corrected chi connectivity index (χ4v) is 4.85. The van der Waals surface area contributed by atoms with Gasteiger partial charge in [0.15, 0.2) is 0 Å². The predicted octanol–water partition coefficient (Wildman–Crippen LogP) is 2.93. The zero-order valence-electron chi connectivity index (χ0n) is 19.4. The maximum absolute atomic E-state index is 13.6. The van der Waals surface area contributed by atoms with Crippen molar-refractivity contribution in [2.24, 2.45) is 11.8 Å². The van der Waals surface area contributed by atoms with E-state index in [-0.39, 0.29) is 24.4 Å². The number of carbonyl (C=O) groups is 2. The van der Waals surface area contributed by atoms with Gasteiger partial charge in [0.25, 0.3) is 5.91 Å². The van der Waals surface area contributed by atoms with Crippen molar-refractivity contribution >= 4 is 11.9 Å². The summed E-state index contributed by atoms with van der Waals surface area (Å²) in [5, 5.41) is 3.12. The van der Waals surface area contributed by atoms with Crippen LogP contribution in [0.1, 0.15) is 38.7 Å². The van der Waals surface area contributed by atoms with Crippen LogP contribution in [0.15, 0.2) is 24.3 Å². The number of hydrogen-bond acceptors (Lipinski definition) is 5. The summed E-state index contributed by atoms with van der Waals surface area (Å²) in [5.74, 6) is 1.39. The molecule has 1 aromatic rings. The number of likely N-dealkylation sites (tertiary alicyclic amines) is 1. The van der Waals surface area contributed by atoms with Crippen LogP contribution in [0.25, 0.3) is 0 Å². The average molecular weight is 432 g/mol. The number of nitrogens with one attached hydrogen (secondary N) is 1. The number of benzene rings is 1. The van der Waals surface area contributed by atoms with Crippen LogP contribution in [0.3, 0.4) is 0 Å². The van der Waals surface area contributed by atoms with Crippen molar-refractivity contribution < 1.29 is 19.1 Å². The highest BCUT2D eigenvalue weighted by atomic mass is 16.5. The average Bonchev–Trinajstić information content (AvgIpc) is 3.02. The highest BCUT2D eigenvalue weighted by molar-refractivity contribution is 6.07. The van der Waals surface area contributed by atoms with Crippen LogP contribution in [0.2, 0.25) is 0 Å². The highest BCUT2D eigenvalue weighted by Gasteiger charge is 2.55. The molecule has 2 aliphatic rings. The number of methoxy groups -OCH3 is 2. The Bertz CT molecular complexity index is 763. The van der Waals surface area contributed by atoms with Crippen LogP contribution in [0.4, 0.5) is 4.79 Å². The van der Waals surface area contributed by atoms with Gasteiger partial charge in [-0.3, -0.25) is 9.69 Å². The molecule has 2 aliphatic heterocycles. The molecule has 0 spiro atoms. The van der Waals surface area contributed by atoms with Gasteiger partial charge < -0.3 is 19.7 Å². The SMILES string of the molecule is CCC(C)CN1CCC(C2(Cc3cccc(OC)c3)NC(=O)N(CCOC)C2=O)CC1. The molecule has 0 aliphatic carbocycles. The van der Waals surface area contributed by atoms with Crippen LogP contribution >= 0.6 is 0 Å². The lowest BCUT2D eigenvalue weighted by Crippen LogP contribution is -2.57. The predicted molar refractivity (Wildman–Crippen MR) is 120 cm³/mol. The topological polar surface area (TPSA) is 71.1 Å². The van der Waals surface area contributed by atoms with E-state index >= 15 is 0 Å². The zero-order valence-corrected chi connectivity index (χ0v) is 19.4. The van der Waals surface area contributed by atoms with Crippen molar-refractivity contribution in [1.29, 1.82) is 0 Å². The van der Waals surface area contributed by atoms with Gasteiger partial charge in [0.05, 0.1) is 20.3 Å². The summed E-state index contributed by atoms with van der Waals surface area (Å²) in [6, 6.07) is 7.47. The van der Waals surface area contributed by atoms with E-state index in [0.717, 1.165) is 43.8 Å². The van der Waals surface area contributed by atoms with Gasteiger partial charge in [-0.1, -0.05) is 32.4 Å². The molecule has 2 heterocycles. The smallest absolute Gasteiger partial charge is 0.325 e. The fourth-order valence-electron chi connectivity index (χ4n) is 4.85. The van der Waals surface area contributed by atoms with E-state index in [1.807, 2.05) is 24.3 Å². The normalized spacial score (nSPS) is 23.8. The number of amides is 3. The Kier molecular flexibility index (Phi) is 7.94. The molecular weight excluding hydrogens is 394 g/mol. The molecule has 2 fully saturated rings. The number of carbonyl (C=O) groups excluding carboxylic acids is 2. The molecule has 2 saturated heterocycles. The minimum atomic E-state index is -0.917. The van der Waals surface area contributed by atoms with E-state index in [0.29, 0.717) is 18.9 Å². The van der Waals surface area contributed by atoms with Gasteiger partial charge in [-0.15, -0.1) is 0 Å². The molecule has 3 amide bonds. The number of piperidine rings is 1. The Balaban J connectivity index is 1.83. The van der Waals surface area contributed by atoms with Crippen molar-refractivity contribution in [2.45, 2.75) is 45.1 Å². The van der Waals surface area contributed by atoms with Gasteiger partial charge >= 0.3 is 6.03 Å². The molecule has 1 aromatic carbocycles. The number of rotatable bonds is 10. The third-order valence-corrected chi connectivity index (χ3v) is 6.89. The molecule has 7 nitrogen and oxygen atoms in total. The summed E-state index contributed by atoms with van der Waals surface area (Å²) >= 11 is 0. The van der Waals surface area contributed by atoms with Gasteiger partial charge in [-0.05, 0) is 55.5 Å². The van der Waals surface area contributed by atoms with Gasteiger partial charge in [-0.2, -0.15) is 0 Å². The van der Waals surface area contributed by atoms with Crippen LogP contribution in [0.5, 0.6) is 5.75 Å². The number of imide groups is 1. The minimum absolute atomic E-state index is 0.0934. The second kappa shape index (κ2) is 10.5. The number of urea groups is 1. The molecule has 0 bridgehead atoms. The molecule has 0 saturated carbocycles. The molecule has 2 atom stereocenters. The van der Waals surface area contributed by atoms with Crippen molar-refractivity contribution in [3.8, 4) is 5.75 Å². The zero-order chi connectivity index (χ0) is 22.4. The number of ether oxygens (including phenoxy) is 2. The van der Waals surface area contributed by atoms with E-state index in [9.17, 15) is 9.59 Å². The fraction of sp³-hybridized carbons (Fsp3) is 0.667. The third-order valence-electron chi connectivity index (χ3n) is 6.89. The number of hydrogen-bond donors (Lipinski definition) is 1. The molecule has 2 unspecified atom stereocenters. The lowest BCUT2D eigenvalue weighted by atomic mass is 9.73. The lowest BCUT2D eigenvalue weighted by Gasteiger charge is -2.41. The largest absolute Gasteiger partial charge is 0.497 e. The summed E-state index contributed by atoms with van der Waals surface area (Å²) in [6.07, 6.45) is 3.42. The first-order valence-corrected chi connectivity index (χ1v) is 11.4. The Morgan fingerprint density at radius 2 is 1.97 bits per heavy atom. The summed E-state index contributed by atoms with van der Waals surface area (Å²) in [4.78, 5) is 30.3. The van der Waals surface area contributed by atoms with Crippen molar-refractivity contribution in [3.05, 3.63) is 29.8 Å². The molecule has 31 heavy (non-hydrogen) atoms. The van der Waals surface area contributed by atoms with Crippen LogP contribution in [-0.4, -0.2) is 74.3 Å². The van der Waals surface area contributed by atoms with E-state index in [1.165, 1.54) is 11.3 Å². The van der Waals surface area contributed by atoms with Crippen molar-refractivity contribution in [1.82, 2.24) is 15.1 Å². The molecule has 0 radical (unpaired) electrons. The third kappa shape index (κ3) is 5.21. The summed E-state index contributed by atoms with van der Waals surface area (Å²) in [7, 11) is 3.21. The molecule has 172 valence electrons. The minimum Gasteiger partial charge on any atom is -0.497 e. The molecular formula is C24H37N3O4. The van der Waals surface area contributed by atoms with Gasteiger partial charge in [0.2, 0.25) is 0 Å². The van der Waals surface area contributed by atoms with E-state index in [1.54, 1.807) is 14.2 Å². The molecule has 7 heteroatoms. The second-order valence-electron chi connectivity index (χ2n) is 8.97. The van der Waals surface area contributed by atoms with Gasteiger partial charge in [0.1, 0.15) is 11.3 Å². The first kappa shape index (κ1) is 23.5. The van der Waals surface area contributed by atoms with Crippen LogP contribution in [-0.2, 0) is 16.0 Å². The Morgan fingerprint density at radius 3 is 2.61 bits per heavy atom. The molecule has 0 aromatic heterocycles. The van der Waals surface area contributed by atoms with E-state index in [2.05, 4.69) is 24.1 Å². The van der Waals surface area contributed by atoms with Gasteiger partial charge in [-0.25, -0.2) is 4.79 Å². The molecule has 3 rings (SSSR count). The maximum atomic E-state index is 13.6. The van der Waals surface area contributed by atoms with E-state index in [4.69, 9.17) is 9.47 Å². The highest BCUT2D eigenvalue weighted by Crippen LogP contribution is 2.37. The van der Waals surface area contributed by atoms with Crippen molar-refractivity contribution in [3.63, 3.8) is 0 Å². The molecule has 1 N–H and O–H groups in total. The Morgan fingerprint density at radius 1 is 1.23 bits per heavy atom. The second-order valence-corrected chi connectivity index (χ2v) is 8.97. The van der Waals surface area contributed by atoms with E-state index < -0.39 is 5.54 Å². The quantitative estimate of drug-likeness (QED) is 0.577. The van der Waals surface area contributed by atoms with Crippen LogP contribution in [0, 0.1) is 11.8 Å². The summed E-state index contributed by atoms with van der Waals surface area (Å²) in [5.41, 5.74) is 0.0725. The first-order valence-electron chi connectivity index (χ1n) is 11.4. The standard InChI is InChI=1S/C24H37N3O4/c1-5-18(2)17-26-11-9-20(10-12-26)24(16-19-7-6-8-21(15-19)31-4)22(28)27(13-14-30-3)23(29)25-24/h6-8,15,18,20H,5,9-14,16-17H2,1-4H3,(H,25,29). The van der Waals surface area contributed by atoms with Crippen molar-refractivity contribution in [2.75, 3.05) is 47.0 Å². The van der Waals surface area contributed by atoms with Gasteiger partial charge in [0, 0.05) is 20.1 Å². The Labute approximate surface area is 186 Å². The Hall–Kier alpha value is -2.12. The van der Waals surface area contributed by atoms with Crippen LogP contribution < -0.4 is 10.1 Å². The lowest BCUT2D eigenvalue weighted by molar-refractivity contribution is -0.134. The monoisotopic (exact) mass is 431 g/mol. The first-order chi connectivity index (χ1) is 14.9.